The molecule has 14 heavy (non-hydrogen) atoms. The van der Waals surface area contributed by atoms with E-state index in [-0.39, 0.29) is 10.0 Å². The zero-order chi connectivity index (χ0) is 10.9. The Morgan fingerprint density at radius 1 is 1.29 bits per heavy atom. The molecule has 0 aliphatic carbocycles. The summed E-state index contributed by atoms with van der Waals surface area (Å²) in [5, 5.41) is 8.66. The molecule has 0 atom stereocenters. The molecule has 6 heteroatoms. The van der Waals surface area contributed by atoms with Gasteiger partial charge in [-0.3, -0.25) is 0 Å². The Balaban J connectivity index is 3.29. The molecule has 1 aromatic carbocycles. The minimum atomic E-state index is -4.72. The van der Waals surface area contributed by atoms with E-state index in [0.29, 0.717) is 12.1 Å². The first kappa shape index (κ1) is 11.5. The van der Waals surface area contributed by atoms with E-state index in [2.05, 4.69) is 15.9 Å². The Bertz CT molecular complexity index is 348. The summed E-state index contributed by atoms with van der Waals surface area (Å²) in [5.41, 5.74) is -1.27. The van der Waals surface area contributed by atoms with E-state index in [9.17, 15) is 17.6 Å². The predicted octanol–water partition coefficient (Wildman–Crippen LogP) is 3.10. The number of benzene rings is 1. The zero-order valence-corrected chi connectivity index (χ0v) is 8.28. The van der Waals surface area contributed by atoms with Gasteiger partial charge in [0.15, 0.2) is 0 Å². The number of hydrogen-bond donors (Lipinski definition) is 1. The molecule has 0 aromatic heterocycles. The summed E-state index contributed by atoms with van der Waals surface area (Å²) in [7, 11) is 0. The lowest BCUT2D eigenvalue weighted by atomic mass is 10.1. The van der Waals surface area contributed by atoms with Crippen LogP contribution in [0.2, 0.25) is 0 Å². The average Bonchev–Trinajstić information content (AvgIpc) is 2.06. The molecular weight excluding hydrogens is 268 g/mol. The Morgan fingerprint density at radius 3 is 2.29 bits per heavy atom. The molecule has 78 valence electrons. The quantitative estimate of drug-likeness (QED) is 0.779. The number of aliphatic hydroxyl groups is 1. The molecule has 0 saturated heterocycles. The second kappa shape index (κ2) is 3.86. The molecule has 0 aliphatic heterocycles. The lowest BCUT2D eigenvalue weighted by molar-refractivity contribution is -0.140. The molecule has 1 rings (SSSR count). The van der Waals surface area contributed by atoms with E-state index in [4.69, 9.17) is 5.11 Å². The molecule has 0 amide bonds. The molecular formula is C8H5BrF4O. The Hall–Kier alpha value is -0.620. The molecule has 1 aromatic rings. The van der Waals surface area contributed by atoms with Crippen LogP contribution in [-0.4, -0.2) is 5.11 Å². The number of alkyl halides is 3. The first-order valence-electron chi connectivity index (χ1n) is 3.52. The fourth-order valence-corrected chi connectivity index (χ4v) is 1.40. The maximum absolute atomic E-state index is 12.9. The Labute approximate surface area is 85.5 Å². The maximum atomic E-state index is 12.9. The zero-order valence-electron chi connectivity index (χ0n) is 6.70. The van der Waals surface area contributed by atoms with Crippen molar-refractivity contribution in [2.24, 2.45) is 0 Å². The maximum Gasteiger partial charge on any atom is 0.419 e. The standard InChI is InChI=1S/C8H5BrF4O/c9-6-2-5(8(11,12)13)7(10)1-4(6)3-14/h1-2,14H,3H2. The SMILES string of the molecule is OCc1cc(F)c(C(F)(F)F)cc1Br. The van der Waals surface area contributed by atoms with Gasteiger partial charge in [0.1, 0.15) is 5.82 Å². The van der Waals surface area contributed by atoms with Gasteiger partial charge in [0.05, 0.1) is 12.2 Å². The third-order valence-corrected chi connectivity index (χ3v) is 2.35. The normalized spacial score (nSPS) is 11.9. The fourth-order valence-electron chi connectivity index (χ4n) is 0.926. The van der Waals surface area contributed by atoms with Gasteiger partial charge in [-0.05, 0) is 17.7 Å². The van der Waals surface area contributed by atoms with Crippen molar-refractivity contribution in [1.29, 1.82) is 0 Å². The predicted molar refractivity (Wildman–Crippen MR) is 45.0 cm³/mol. The Morgan fingerprint density at radius 2 is 1.86 bits per heavy atom. The molecule has 0 saturated carbocycles. The van der Waals surface area contributed by atoms with E-state index in [1.807, 2.05) is 0 Å². The second-order valence-electron chi connectivity index (χ2n) is 2.58. The van der Waals surface area contributed by atoms with E-state index in [1.54, 1.807) is 0 Å². The van der Waals surface area contributed by atoms with Gasteiger partial charge >= 0.3 is 6.18 Å². The van der Waals surface area contributed by atoms with Crippen molar-refractivity contribution in [3.05, 3.63) is 33.5 Å². The Kier molecular flexibility index (Phi) is 3.16. The number of hydrogen-bond acceptors (Lipinski definition) is 1. The van der Waals surface area contributed by atoms with Crippen molar-refractivity contribution in [3.8, 4) is 0 Å². The lowest BCUT2D eigenvalue weighted by Crippen LogP contribution is -2.09. The monoisotopic (exact) mass is 272 g/mol. The number of rotatable bonds is 1. The van der Waals surface area contributed by atoms with Crippen LogP contribution in [-0.2, 0) is 12.8 Å². The molecule has 0 bridgehead atoms. The van der Waals surface area contributed by atoms with Crippen molar-refractivity contribution >= 4 is 15.9 Å². The summed E-state index contributed by atoms with van der Waals surface area (Å²) < 4.78 is 49.3. The van der Waals surface area contributed by atoms with Crippen LogP contribution in [0.4, 0.5) is 17.6 Å². The second-order valence-corrected chi connectivity index (χ2v) is 3.43. The molecule has 1 nitrogen and oxygen atoms in total. The van der Waals surface area contributed by atoms with Crippen LogP contribution >= 0.6 is 15.9 Å². The molecule has 0 unspecified atom stereocenters. The average molecular weight is 273 g/mol. The molecule has 0 radical (unpaired) electrons. The molecule has 0 aliphatic rings. The third kappa shape index (κ3) is 2.24. The molecule has 0 fully saturated rings. The highest BCUT2D eigenvalue weighted by atomic mass is 79.9. The fraction of sp³-hybridized carbons (Fsp3) is 0.250. The minimum absolute atomic E-state index is 0.0359. The van der Waals surface area contributed by atoms with Gasteiger partial charge in [-0.1, -0.05) is 15.9 Å². The minimum Gasteiger partial charge on any atom is -0.392 e. The molecule has 1 N–H and O–H groups in total. The van der Waals surface area contributed by atoms with Crippen LogP contribution in [0.3, 0.4) is 0 Å². The molecule has 0 spiro atoms. The first-order chi connectivity index (χ1) is 6.36. The topological polar surface area (TPSA) is 20.2 Å². The van der Waals surface area contributed by atoms with Gasteiger partial charge in [0, 0.05) is 4.47 Å². The van der Waals surface area contributed by atoms with Crippen molar-refractivity contribution < 1.29 is 22.7 Å². The van der Waals surface area contributed by atoms with Gasteiger partial charge in [-0.15, -0.1) is 0 Å². The van der Waals surface area contributed by atoms with Gasteiger partial charge in [-0.2, -0.15) is 13.2 Å². The lowest BCUT2D eigenvalue weighted by Gasteiger charge is -2.10. The van der Waals surface area contributed by atoms with E-state index >= 15 is 0 Å². The largest absolute Gasteiger partial charge is 0.419 e. The highest BCUT2D eigenvalue weighted by Gasteiger charge is 2.34. The van der Waals surface area contributed by atoms with Crippen LogP contribution in [0.15, 0.2) is 16.6 Å². The summed E-state index contributed by atoms with van der Waals surface area (Å²) in [6, 6.07) is 1.27. The van der Waals surface area contributed by atoms with Gasteiger partial charge in [0.2, 0.25) is 0 Å². The smallest absolute Gasteiger partial charge is 0.392 e. The van der Waals surface area contributed by atoms with Gasteiger partial charge < -0.3 is 5.11 Å². The van der Waals surface area contributed by atoms with Crippen molar-refractivity contribution in [3.63, 3.8) is 0 Å². The summed E-state index contributed by atoms with van der Waals surface area (Å²) in [6.45, 7) is -0.518. The highest BCUT2D eigenvalue weighted by Crippen LogP contribution is 2.34. The van der Waals surface area contributed by atoms with Crippen LogP contribution in [0.1, 0.15) is 11.1 Å². The number of aliphatic hydroxyl groups excluding tert-OH is 1. The van der Waals surface area contributed by atoms with Crippen molar-refractivity contribution in [1.82, 2.24) is 0 Å². The number of halogens is 5. The van der Waals surface area contributed by atoms with E-state index in [0.717, 1.165) is 0 Å². The third-order valence-electron chi connectivity index (χ3n) is 1.61. The molecule has 0 heterocycles. The van der Waals surface area contributed by atoms with Crippen LogP contribution < -0.4 is 0 Å². The van der Waals surface area contributed by atoms with E-state index in [1.165, 1.54) is 0 Å². The van der Waals surface area contributed by atoms with E-state index < -0.39 is 24.2 Å². The summed E-state index contributed by atoms with van der Waals surface area (Å²) >= 11 is 2.81. The van der Waals surface area contributed by atoms with Gasteiger partial charge in [0.25, 0.3) is 0 Å². The van der Waals surface area contributed by atoms with Crippen LogP contribution in [0.5, 0.6) is 0 Å². The summed E-state index contributed by atoms with van der Waals surface area (Å²) in [5.74, 6) is -1.38. The van der Waals surface area contributed by atoms with Crippen molar-refractivity contribution in [2.75, 3.05) is 0 Å². The van der Waals surface area contributed by atoms with Crippen molar-refractivity contribution in [2.45, 2.75) is 12.8 Å². The van der Waals surface area contributed by atoms with Crippen LogP contribution in [0, 0.1) is 5.82 Å². The summed E-state index contributed by atoms with van der Waals surface area (Å²) in [6.07, 6.45) is -4.72. The van der Waals surface area contributed by atoms with Crippen LogP contribution in [0.25, 0.3) is 0 Å². The first-order valence-corrected chi connectivity index (χ1v) is 4.31. The summed E-state index contributed by atoms with van der Waals surface area (Å²) in [4.78, 5) is 0. The highest BCUT2D eigenvalue weighted by molar-refractivity contribution is 9.10. The van der Waals surface area contributed by atoms with Gasteiger partial charge in [-0.25, -0.2) is 4.39 Å².